The largest absolute Gasteiger partial charge is 0.369 e. The van der Waals surface area contributed by atoms with Gasteiger partial charge < -0.3 is 5.73 Å². The molecule has 0 fully saturated rings. The van der Waals surface area contributed by atoms with Gasteiger partial charge in [0, 0.05) is 16.6 Å². The second-order valence-electron chi connectivity index (χ2n) is 5.74. The first-order chi connectivity index (χ1) is 13.3. The summed E-state index contributed by atoms with van der Waals surface area (Å²) in [7, 11) is -3.70. The van der Waals surface area contributed by atoms with Gasteiger partial charge in [-0.05, 0) is 36.4 Å². The highest BCUT2D eigenvalue weighted by Gasteiger charge is 2.14. The van der Waals surface area contributed by atoms with Gasteiger partial charge in [0.2, 0.25) is 5.91 Å². The maximum Gasteiger partial charge on any atom is 0.261 e. The predicted octanol–water partition coefficient (Wildman–Crippen LogP) is 2.22. The summed E-state index contributed by atoms with van der Waals surface area (Å²) in [5.41, 5.74) is 6.26. The number of nitrogens with two attached hydrogens (primary N) is 1. The van der Waals surface area contributed by atoms with Crippen molar-refractivity contribution in [2.75, 3.05) is 10.0 Å². The van der Waals surface area contributed by atoms with E-state index in [2.05, 4.69) is 15.0 Å². The maximum absolute atomic E-state index is 12.3. The number of nitrogens with one attached hydrogen (secondary N) is 2. The van der Waals surface area contributed by atoms with Crippen molar-refractivity contribution in [1.29, 1.82) is 0 Å². The van der Waals surface area contributed by atoms with E-state index in [-0.39, 0.29) is 11.3 Å². The molecule has 1 heterocycles. The molecule has 0 radical (unpaired) electrons. The number of sulfonamides is 1. The monoisotopic (exact) mass is 416 g/mol. The SMILES string of the molecule is NC(=O)Cc1csc(NC(=O)c2ccc(NS(=O)(=O)c3ccccc3)cc2)n1. The Morgan fingerprint density at radius 1 is 1.04 bits per heavy atom. The molecule has 8 nitrogen and oxygen atoms in total. The lowest BCUT2D eigenvalue weighted by atomic mass is 10.2. The number of primary amides is 1. The second kappa shape index (κ2) is 8.19. The molecule has 0 bridgehead atoms. The van der Waals surface area contributed by atoms with Crippen LogP contribution in [0.15, 0.2) is 64.9 Å². The molecule has 0 spiro atoms. The van der Waals surface area contributed by atoms with Crippen LogP contribution in [0.1, 0.15) is 16.1 Å². The quantitative estimate of drug-likeness (QED) is 0.543. The van der Waals surface area contributed by atoms with Crippen LogP contribution in [0, 0.1) is 0 Å². The van der Waals surface area contributed by atoms with Crippen molar-refractivity contribution in [1.82, 2.24) is 4.98 Å². The summed E-state index contributed by atoms with van der Waals surface area (Å²) in [6.07, 6.45) is 0.00260. The van der Waals surface area contributed by atoms with E-state index >= 15 is 0 Å². The average molecular weight is 416 g/mol. The van der Waals surface area contributed by atoms with Crippen LogP contribution in [0.4, 0.5) is 10.8 Å². The van der Waals surface area contributed by atoms with Gasteiger partial charge in [-0.1, -0.05) is 18.2 Å². The minimum Gasteiger partial charge on any atom is -0.369 e. The molecule has 0 aliphatic heterocycles. The van der Waals surface area contributed by atoms with Gasteiger partial charge in [-0.15, -0.1) is 11.3 Å². The highest BCUT2D eigenvalue weighted by Crippen LogP contribution is 2.19. The van der Waals surface area contributed by atoms with E-state index in [1.807, 2.05) is 0 Å². The summed E-state index contributed by atoms with van der Waals surface area (Å²) in [6, 6.07) is 14.0. The molecule has 0 atom stereocenters. The van der Waals surface area contributed by atoms with Gasteiger partial charge in [-0.2, -0.15) is 0 Å². The molecule has 0 aliphatic rings. The van der Waals surface area contributed by atoms with Gasteiger partial charge in [0.25, 0.3) is 15.9 Å². The molecule has 0 saturated heterocycles. The Labute approximate surface area is 165 Å². The zero-order chi connectivity index (χ0) is 20.1. The molecule has 3 rings (SSSR count). The smallest absolute Gasteiger partial charge is 0.261 e. The summed E-state index contributed by atoms with van der Waals surface area (Å²) in [6.45, 7) is 0. The predicted molar refractivity (Wildman–Crippen MR) is 107 cm³/mol. The lowest BCUT2D eigenvalue weighted by Gasteiger charge is -2.08. The molecule has 4 N–H and O–H groups in total. The van der Waals surface area contributed by atoms with Crippen molar-refractivity contribution in [2.24, 2.45) is 5.73 Å². The van der Waals surface area contributed by atoms with Crippen molar-refractivity contribution in [2.45, 2.75) is 11.3 Å². The Morgan fingerprint density at radius 3 is 2.36 bits per heavy atom. The molecule has 144 valence electrons. The van der Waals surface area contributed by atoms with Crippen LogP contribution < -0.4 is 15.8 Å². The van der Waals surface area contributed by atoms with Gasteiger partial charge in [0.05, 0.1) is 17.0 Å². The number of amides is 2. The fraction of sp³-hybridized carbons (Fsp3) is 0.0556. The molecular formula is C18H16N4O4S2. The number of carbonyl (C=O) groups is 2. The minimum absolute atomic E-state index is 0.00260. The highest BCUT2D eigenvalue weighted by molar-refractivity contribution is 7.92. The van der Waals surface area contributed by atoms with Crippen LogP contribution >= 0.6 is 11.3 Å². The van der Waals surface area contributed by atoms with E-state index in [0.29, 0.717) is 22.1 Å². The van der Waals surface area contributed by atoms with Gasteiger partial charge in [0.1, 0.15) is 0 Å². The number of anilines is 2. The van der Waals surface area contributed by atoms with Crippen LogP contribution in [0.25, 0.3) is 0 Å². The summed E-state index contributed by atoms with van der Waals surface area (Å²) >= 11 is 1.18. The molecule has 0 unspecified atom stereocenters. The Morgan fingerprint density at radius 2 is 1.71 bits per heavy atom. The second-order valence-corrected chi connectivity index (χ2v) is 8.28. The number of hydrogen-bond acceptors (Lipinski definition) is 6. The third kappa shape index (κ3) is 4.93. The minimum atomic E-state index is -3.70. The third-order valence-electron chi connectivity index (χ3n) is 3.58. The molecule has 10 heteroatoms. The number of carbonyl (C=O) groups excluding carboxylic acids is 2. The van der Waals surface area contributed by atoms with Gasteiger partial charge in [-0.25, -0.2) is 13.4 Å². The first-order valence-corrected chi connectivity index (χ1v) is 10.4. The van der Waals surface area contributed by atoms with Crippen LogP contribution in [0.5, 0.6) is 0 Å². The molecule has 3 aromatic rings. The third-order valence-corrected chi connectivity index (χ3v) is 5.78. The van der Waals surface area contributed by atoms with Crippen molar-refractivity contribution < 1.29 is 18.0 Å². The van der Waals surface area contributed by atoms with E-state index in [0.717, 1.165) is 0 Å². The number of nitrogens with zero attached hydrogens (tertiary/aromatic N) is 1. The Bertz CT molecular complexity index is 1090. The lowest BCUT2D eigenvalue weighted by Crippen LogP contribution is -2.15. The topological polar surface area (TPSA) is 131 Å². The fourth-order valence-corrected chi connectivity index (χ4v) is 4.08. The number of rotatable bonds is 7. The lowest BCUT2D eigenvalue weighted by molar-refractivity contribution is -0.117. The van der Waals surface area contributed by atoms with Gasteiger partial charge >= 0.3 is 0 Å². The number of hydrogen-bond donors (Lipinski definition) is 3. The molecule has 1 aromatic heterocycles. The molecule has 0 aliphatic carbocycles. The van der Waals surface area contributed by atoms with Crippen molar-refractivity contribution >= 4 is 44.0 Å². The summed E-state index contributed by atoms with van der Waals surface area (Å²) < 4.78 is 27.1. The summed E-state index contributed by atoms with van der Waals surface area (Å²) in [4.78, 5) is 27.4. The molecule has 28 heavy (non-hydrogen) atoms. The first kappa shape index (κ1) is 19.5. The van der Waals surface area contributed by atoms with Crippen LogP contribution in [0.3, 0.4) is 0 Å². The average Bonchev–Trinajstić information content (AvgIpc) is 3.08. The van der Waals surface area contributed by atoms with E-state index in [1.54, 1.807) is 23.6 Å². The Kier molecular flexibility index (Phi) is 5.71. The number of benzene rings is 2. The fourth-order valence-electron chi connectivity index (χ4n) is 2.30. The zero-order valence-corrected chi connectivity index (χ0v) is 16.1. The van der Waals surface area contributed by atoms with Crippen LogP contribution in [-0.4, -0.2) is 25.2 Å². The summed E-state index contributed by atoms with van der Waals surface area (Å²) in [5, 5.41) is 4.61. The molecule has 2 amide bonds. The molecular weight excluding hydrogens is 400 g/mol. The van der Waals surface area contributed by atoms with Gasteiger partial charge in [-0.3, -0.25) is 19.6 Å². The molecule has 2 aromatic carbocycles. The van der Waals surface area contributed by atoms with Crippen molar-refractivity contribution in [3.8, 4) is 0 Å². The zero-order valence-electron chi connectivity index (χ0n) is 14.5. The van der Waals surface area contributed by atoms with E-state index in [1.165, 1.54) is 47.7 Å². The van der Waals surface area contributed by atoms with Crippen molar-refractivity contribution in [3.05, 3.63) is 71.2 Å². The number of thiazole rings is 1. The van der Waals surface area contributed by atoms with E-state index in [9.17, 15) is 18.0 Å². The van der Waals surface area contributed by atoms with E-state index in [4.69, 9.17) is 5.73 Å². The Hall–Kier alpha value is -3.24. The standard InChI is InChI=1S/C18H16N4O4S2/c19-16(23)10-14-11-27-18(20-14)21-17(24)12-6-8-13(9-7-12)22-28(25,26)15-4-2-1-3-5-15/h1-9,11,22H,10H2,(H2,19,23)(H,20,21,24). The Balaban J connectivity index is 1.66. The van der Waals surface area contributed by atoms with Crippen LogP contribution in [0.2, 0.25) is 0 Å². The highest BCUT2D eigenvalue weighted by atomic mass is 32.2. The first-order valence-electron chi connectivity index (χ1n) is 8.05. The summed E-state index contributed by atoms with van der Waals surface area (Å²) in [5.74, 6) is -0.908. The maximum atomic E-state index is 12.3. The number of aromatic nitrogens is 1. The van der Waals surface area contributed by atoms with Crippen LogP contribution in [-0.2, 0) is 21.2 Å². The normalized spacial score (nSPS) is 11.0. The van der Waals surface area contributed by atoms with E-state index < -0.39 is 21.8 Å². The van der Waals surface area contributed by atoms with Gasteiger partial charge in [0.15, 0.2) is 5.13 Å². The molecule has 0 saturated carbocycles. The van der Waals surface area contributed by atoms with Crippen molar-refractivity contribution in [3.63, 3.8) is 0 Å².